The van der Waals surface area contributed by atoms with Crippen LogP contribution < -0.4 is 0 Å². The van der Waals surface area contributed by atoms with Gasteiger partial charge in [0.15, 0.2) is 5.16 Å². The van der Waals surface area contributed by atoms with Crippen molar-refractivity contribution in [3.63, 3.8) is 0 Å². The lowest BCUT2D eigenvalue weighted by atomic mass is 10.1. The highest BCUT2D eigenvalue weighted by Gasteiger charge is 2.12. The van der Waals surface area contributed by atoms with E-state index < -0.39 is 0 Å². The Morgan fingerprint density at radius 3 is 2.52 bits per heavy atom. The zero-order valence-electron chi connectivity index (χ0n) is 14.1. The molecule has 1 aromatic heterocycles. The van der Waals surface area contributed by atoms with Crippen molar-refractivity contribution < 1.29 is 4.74 Å². The van der Waals surface area contributed by atoms with Crippen LogP contribution in [-0.2, 0) is 4.74 Å². The van der Waals surface area contributed by atoms with Crippen LogP contribution in [0.25, 0.3) is 22.2 Å². The van der Waals surface area contributed by atoms with E-state index in [2.05, 4.69) is 41.3 Å². The van der Waals surface area contributed by atoms with Crippen LogP contribution in [0.4, 0.5) is 0 Å². The molecular weight excluding hydrogens is 330 g/mol. The van der Waals surface area contributed by atoms with Gasteiger partial charge in [0, 0.05) is 36.3 Å². The van der Waals surface area contributed by atoms with E-state index in [9.17, 15) is 0 Å². The molecule has 128 valence electrons. The zero-order chi connectivity index (χ0) is 16.9. The molecule has 4 rings (SSSR count). The first-order valence-corrected chi connectivity index (χ1v) is 9.64. The zero-order valence-corrected chi connectivity index (χ0v) is 14.9. The Bertz CT molecular complexity index is 835. The molecule has 0 radical (unpaired) electrons. The van der Waals surface area contributed by atoms with Gasteiger partial charge in [-0.15, -0.1) is 0 Å². The number of fused-ring (bicyclic) bond motifs is 1. The number of nitrogens with zero attached hydrogens (tertiary/aromatic N) is 3. The summed E-state index contributed by atoms with van der Waals surface area (Å²) in [5.74, 6) is 0.993. The molecule has 2 aromatic carbocycles. The van der Waals surface area contributed by atoms with E-state index in [1.165, 1.54) is 0 Å². The Morgan fingerprint density at radius 2 is 1.68 bits per heavy atom. The van der Waals surface area contributed by atoms with Crippen LogP contribution in [-0.4, -0.2) is 53.5 Å². The highest BCUT2D eigenvalue weighted by molar-refractivity contribution is 7.99. The average molecular weight is 351 g/mol. The Labute approximate surface area is 152 Å². The van der Waals surface area contributed by atoms with Crippen molar-refractivity contribution in [2.75, 3.05) is 38.6 Å². The molecule has 25 heavy (non-hydrogen) atoms. The number of para-hydroxylation sites is 1. The molecule has 0 amide bonds. The molecule has 0 unspecified atom stereocenters. The maximum atomic E-state index is 5.40. The lowest BCUT2D eigenvalue weighted by Gasteiger charge is -2.26. The molecule has 1 aliphatic rings. The van der Waals surface area contributed by atoms with E-state index in [1.54, 1.807) is 11.8 Å². The fraction of sp³-hybridized carbons (Fsp3) is 0.300. The monoisotopic (exact) mass is 351 g/mol. The van der Waals surface area contributed by atoms with Crippen molar-refractivity contribution in [1.82, 2.24) is 14.9 Å². The fourth-order valence-electron chi connectivity index (χ4n) is 3.03. The van der Waals surface area contributed by atoms with Gasteiger partial charge >= 0.3 is 0 Å². The third-order valence-electron chi connectivity index (χ3n) is 4.37. The summed E-state index contributed by atoms with van der Waals surface area (Å²) in [6, 6.07) is 18.6. The summed E-state index contributed by atoms with van der Waals surface area (Å²) in [5.41, 5.74) is 3.15. The second-order valence-corrected chi connectivity index (χ2v) is 7.10. The van der Waals surface area contributed by atoms with E-state index in [4.69, 9.17) is 14.7 Å². The van der Waals surface area contributed by atoms with Crippen molar-refractivity contribution in [3.05, 3.63) is 54.6 Å². The van der Waals surface area contributed by atoms with E-state index in [0.717, 1.165) is 65.9 Å². The molecule has 2 heterocycles. The van der Waals surface area contributed by atoms with Gasteiger partial charge < -0.3 is 4.74 Å². The second-order valence-electron chi connectivity index (χ2n) is 6.04. The highest BCUT2D eigenvalue weighted by atomic mass is 32.2. The molecule has 5 heteroatoms. The summed E-state index contributed by atoms with van der Waals surface area (Å²) < 4.78 is 5.40. The van der Waals surface area contributed by atoms with Gasteiger partial charge in [0.1, 0.15) is 0 Å². The minimum absolute atomic E-state index is 0.843. The van der Waals surface area contributed by atoms with Gasteiger partial charge in [-0.1, -0.05) is 60.3 Å². The lowest BCUT2D eigenvalue weighted by molar-refractivity contribution is 0.0410. The van der Waals surface area contributed by atoms with Crippen LogP contribution in [0.1, 0.15) is 0 Å². The normalized spacial score (nSPS) is 15.5. The molecule has 0 saturated carbocycles. The van der Waals surface area contributed by atoms with Crippen LogP contribution in [0.3, 0.4) is 0 Å². The van der Waals surface area contributed by atoms with Crippen molar-refractivity contribution in [2.24, 2.45) is 0 Å². The van der Waals surface area contributed by atoms with Crippen molar-refractivity contribution >= 4 is 22.7 Å². The maximum absolute atomic E-state index is 5.40. The van der Waals surface area contributed by atoms with Gasteiger partial charge in [0.25, 0.3) is 0 Å². The Kier molecular flexibility index (Phi) is 5.25. The third-order valence-corrected chi connectivity index (χ3v) is 5.20. The quantitative estimate of drug-likeness (QED) is 0.517. The van der Waals surface area contributed by atoms with E-state index >= 15 is 0 Å². The first kappa shape index (κ1) is 16.5. The Hall–Kier alpha value is -1.95. The molecule has 0 N–H and O–H groups in total. The van der Waals surface area contributed by atoms with Crippen molar-refractivity contribution in [2.45, 2.75) is 5.16 Å². The molecule has 0 bridgehead atoms. The van der Waals surface area contributed by atoms with Crippen LogP contribution in [0.2, 0.25) is 0 Å². The number of hydrogen-bond donors (Lipinski definition) is 0. The van der Waals surface area contributed by atoms with E-state index in [-0.39, 0.29) is 0 Å². The minimum Gasteiger partial charge on any atom is -0.379 e. The topological polar surface area (TPSA) is 38.2 Å². The van der Waals surface area contributed by atoms with Crippen LogP contribution in [0.5, 0.6) is 0 Å². The number of morpholine rings is 1. The molecule has 3 aromatic rings. The second kappa shape index (κ2) is 7.95. The number of rotatable bonds is 5. The highest BCUT2D eigenvalue weighted by Crippen LogP contribution is 2.28. The molecule has 1 saturated heterocycles. The first-order valence-electron chi connectivity index (χ1n) is 8.65. The Morgan fingerprint density at radius 1 is 0.920 bits per heavy atom. The van der Waals surface area contributed by atoms with Gasteiger partial charge in [-0.3, -0.25) is 4.90 Å². The summed E-state index contributed by atoms with van der Waals surface area (Å²) in [5, 5.41) is 1.96. The predicted molar refractivity (Wildman–Crippen MR) is 103 cm³/mol. The number of aromatic nitrogens is 2. The van der Waals surface area contributed by atoms with Crippen molar-refractivity contribution in [3.8, 4) is 11.3 Å². The van der Waals surface area contributed by atoms with E-state index in [1.807, 2.05) is 18.2 Å². The van der Waals surface area contributed by atoms with Gasteiger partial charge in [-0.25, -0.2) is 9.97 Å². The standard InChI is InChI=1S/C20H21N3OS/c1-2-6-16(7-3-1)19-17-8-4-5-9-18(17)21-20(22-19)25-15-12-23-10-13-24-14-11-23/h1-9H,10-15H2. The van der Waals surface area contributed by atoms with Gasteiger partial charge in [-0.2, -0.15) is 0 Å². The van der Waals surface area contributed by atoms with Gasteiger partial charge in [0.2, 0.25) is 0 Å². The maximum Gasteiger partial charge on any atom is 0.188 e. The fourth-order valence-corrected chi connectivity index (χ4v) is 3.88. The summed E-state index contributed by atoms with van der Waals surface area (Å²) >= 11 is 1.73. The largest absolute Gasteiger partial charge is 0.379 e. The van der Waals surface area contributed by atoms with Crippen LogP contribution in [0.15, 0.2) is 59.8 Å². The predicted octanol–water partition coefficient (Wildman–Crippen LogP) is 3.72. The number of thioether (sulfide) groups is 1. The Balaban J connectivity index is 1.57. The van der Waals surface area contributed by atoms with Crippen molar-refractivity contribution in [1.29, 1.82) is 0 Å². The molecular formula is C20H21N3OS. The molecule has 0 aliphatic carbocycles. The van der Waals surface area contributed by atoms with Crippen LogP contribution in [0, 0.1) is 0 Å². The number of hydrogen-bond acceptors (Lipinski definition) is 5. The van der Waals surface area contributed by atoms with Crippen LogP contribution >= 0.6 is 11.8 Å². The minimum atomic E-state index is 0.843. The summed E-state index contributed by atoms with van der Waals surface area (Å²) in [7, 11) is 0. The average Bonchev–Trinajstić information content (AvgIpc) is 2.69. The molecule has 0 atom stereocenters. The smallest absolute Gasteiger partial charge is 0.188 e. The number of ether oxygens (including phenoxy) is 1. The summed E-state index contributed by atoms with van der Waals surface area (Å²) in [4.78, 5) is 12.1. The summed E-state index contributed by atoms with van der Waals surface area (Å²) in [6.07, 6.45) is 0. The molecule has 4 nitrogen and oxygen atoms in total. The van der Waals surface area contributed by atoms with Gasteiger partial charge in [0.05, 0.1) is 24.4 Å². The molecule has 0 spiro atoms. The summed E-state index contributed by atoms with van der Waals surface area (Å²) in [6.45, 7) is 4.78. The number of benzene rings is 2. The molecule has 1 aliphatic heterocycles. The van der Waals surface area contributed by atoms with E-state index in [0.29, 0.717) is 0 Å². The SMILES string of the molecule is c1ccc(-c2nc(SCCN3CCOCC3)nc3ccccc23)cc1. The lowest BCUT2D eigenvalue weighted by Crippen LogP contribution is -2.37. The van der Waals surface area contributed by atoms with Gasteiger partial charge in [-0.05, 0) is 6.07 Å². The first-order chi connectivity index (χ1) is 12.4. The molecule has 1 fully saturated rings. The third kappa shape index (κ3) is 4.00.